The lowest BCUT2D eigenvalue weighted by Gasteiger charge is -2.37. The van der Waals surface area contributed by atoms with Crippen molar-refractivity contribution in [3.63, 3.8) is 0 Å². The van der Waals surface area contributed by atoms with Gasteiger partial charge in [0.25, 0.3) is 0 Å². The SMILES string of the molecule is CCCC1CCC(NCC)C(SC(C)C)C1. The molecule has 1 aliphatic rings. The summed E-state index contributed by atoms with van der Waals surface area (Å²) in [4.78, 5) is 0. The zero-order valence-corrected chi connectivity index (χ0v) is 12.3. The van der Waals surface area contributed by atoms with Crippen LogP contribution in [0.1, 0.15) is 59.8 Å². The van der Waals surface area contributed by atoms with Crippen molar-refractivity contribution in [1.82, 2.24) is 5.32 Å². The summed E-state index contributed by atoms with van der Waals surface area (Å²) in [6, 6.07) is 0.769. The second-order valence-electron chi connectivity index (χ2n) is 5.36. The highest BCUT2D eigenvalue weighted by Crippen LogP contribution is 2.36. The molecule has 0 aromatic heterocycles. The fraction of sp³-hybridized carbons (Fsp3) is 1.00. The fourth-order valence-corrected chi connectivity index (χ4v) is 4.38. The Morgan fingerprint density at radius 3 is 2.56 bits per heavy atom. The van der Waals surface area contributed by atoms with Gasteiger partial charge in [-0.25, -0.2) is 0 Å². The van der Waals surface area contributed by atoms with Gasteiger partial charge in [-0.2, -0.15) is 11.8 Å². The third-order valence-electron chi connectivity index (χ3n) is 3.51. The second-order valence-corrected chi connectivity index (χ2v) is 7.18. The van der Waals surface area contributed by atoms with Gasteiger partial charge in [0, 0.05) is 11.3 Å². The third-order valence-corrected chi connectivity index (χ3v) is 4.93. The Morgan fingerprint density at radius 2 is 2.00 bits per heavy atom. The van der Waals surface area contributed by atoms with Crippen molar-refractivity contribution in [3.05, 3.63) is 0 Å². The van der Waals surface area contributed by atoms with E-state index in [1.807, 2.05) is 0 Å². The van der Waals surface area contributed by atoms with Gasteiger partial charge in [0.1, 0.15) is 0 Å². The quantitative estimate of drug-likeness (QED) is 0.754. The van der Waals surface area contributed by atoms with Gasteiger partial charge in [-0.15, -0.1) is 0 Å². The predicted octanol–water partition coefficient (Wildman–Crippen LogP) is 4.07. The zero-order valence-electron chi connectivity index (χ0n) is 11.5. The molecule has 0 aliphatic heterocycles. The molecule has 1 N–H and O–H groups in total. The summed E-state index contributed by atoms with van der Waals surface area (Å²) in [5.41, 5.74) is 0. The van der Waals surface area contributed by atoms with E-state index in [9.17, 15) is 0 Å². The molecule has 16 heavy (non-hydrogen) atoms. The predicted molar refractivity (Wildman–Crippen MR) is 76.2 cm³/mol. The van der Waals surface area contributed by atoms with Gasteiger partial charge in [-0.05, 0) is 37.0 Å². The molecule has 2 heteroatoms. The normalized spacial score (nSPS) is 30.9. The first kappa shape index (κ1) is 14.4. The minimum absolute atomic E-state index is 0.769. The van der Waals surface area contributed by atoms with Crippen LogP contribution in [-0.4, -0.2) is 23.1 Å². The first-order chi connectivity index (χ1) is 7.67. The average Bonchev–Trinajstić information content (AvgIpc) is 2.22. The third kappa shape index (κ3) is 4.67. The molecule has 1 aliphatic carbocycles. The number of hydrogen-bond donors (Lipinski definition) is 1. The van der Waals surface area contributed by atoms with Crippen molar-refractivity contribution in [2.45, 2.75) is 76.3 Å². The van der Waals surface area contributed by atoms with E-state index in [1.54, 1.807) is 0 Å². The van der Waals surface area contributed by atoms with Gasteiger partial charge >= 0.3 is 0 Å². The van der Waals surface area contributed by atoms with Crippen LogP contribution in [0.15, 0.2) is 0 Å². The van der Waals surface area contributed by atoms with E-state index in [0.29, 0.717) is 0 Å². The number of nitrogens with one attached hydrogen (secondary N) is 1. The van der Waals surface area contributed by atoms with Crippen molar-refractivity contribution in [2.24, 2.45) is 5.92 Å². The van der Waals surface area contributed by atoms with Crippen molar-refractivity contribution < 1.29 is 0 Å². The maximum absolute atomic E-state index is 3.68. The largest absolute Gasteiger partial charge is 0.313 e. The first-order valence-corrected chi connectivity index (χ1v) is 8.00. The van der Waals surface area contributed by atoms with Crippen LogP contribution >= 0.6 is 11.8 Å². The van der Waals surface area contributed by atoms with Gasteiger partial charge in [0.15, 0.2) is 0 Å². The summed E-state index contributed by atoms with van der Waals surface area (Å²) < 4.78 is 0. The molecule has 1 fully saturated rings. The molecule has 1 rings (SSSR count). The van der Waals surface area contributed by atoms with Crippen LogP contribution in [0.5, 0.6) is 0 Å². The molecule has 0 heterocycles. The molecule has 1 nitrogen and oxygen atoms in total. The molecule has 1 saturated carbocycles. The Bertz CT molecular complexity index is 182. The number of hydrogen-bond acceptors (Lipinski definition) is 2. The van der Waals surface area contributed by atoms with Gasteiger partial charge in [-0.1, -0.05) is 40.5 Å². The second kappa shape index (κ2) is 7.60. The minimum atomic E-state index is 0.769. The van der Waals surface area contributed by atoms with Crippen LogP contribution < -0.4 is 5.32 Å². The summed E-state index contributed by atoms with van der Waals surface area (Å²) in [6.07, 6.45) is 7.07. The van der Waals surface area contributed by atoms with Gasteiger partial charge < -0.3 is 5.32 Å². The molecule has 0 saturated heterocycles. The number of thioether (sulfide) groups is 1. The highest BCUT2D eigenvalue weighted by molar-refractivity contribution is 8.00. The topological polar surface area (TPSA) is 12.0 Å². The lowest BCUT2D eigenvalue weighted by Crippen LogP contribution is -2.43. The molecule has 0 aromatic carbocycles. The van der Waals surface area contributed by atoms with Gasteiger partial charge in [0.2, 0.25) is 0 Å². The lowest BCUT2D eigenvalue weighted by molar-refractivity contribution is 0.289. The van der Waals surface area contributed by atoms with E-state index < -0.39 is 0 Å². The highest BCUT2D eigenvalue weighted by atomic mass is 32.2. The summed E-state index contributed by atoms with van der Waals surface area (Å²) in [5, 5.41) is 5.30. The molecule has 0 aromatic rings. The van der Waals surface area contributed by atoms with E-state index >= 15 is 0 Å². The molecular formula is C14H29NS. The van der Waals surface area contributed by atoms with Crippen molar-refractivity contribution in [2.75, 3.05) is 6.54 Å². The Morgan fingerprint density at radius 1 is 1.25 bits per heavy atom. The first-order valence-electron chi connectivity index (χ1n) is 7.06. The Hall–Kier alpha value is 0.310. The van der Waals surface area contributed by atoms with E-state index in [-0.39, 0.29) is 0 Å². The number of rotatable bonds is 6. The van der Waals surface area contributed by atoms with Crippen LogP contribution in [0.2, 0.25) is 0 Å². The smallest absolute Gasteiger partial charge is 0.0206 e. The Kier molecular flexibility index (Phi) is 6.83. The molecule has 96 valence electrons. The molecule has 0 radical (unpaired) electrons. The molecule has 0 bridgehead atoms. The van der Waals surface area contributed by atoms with Gasteiger partial charge in [-0.3, -0.25) is 0 Å². The molecule has 0 spiro atoms. The highest BCUT2D eigenvalue weighted by Gasteiger charge is 2.30. The van der Waals surface area contributed by atoms with E-state index in [1.165, 1.54) is 32.1 Å². The summed E-state index contributed by atoms with van der Waals surface area (Å²) in [5.74, 6) is 0.996. The average molecular weight is 243 g/mol. The van der Waals surface area contributed by atoms with E-state index in [0.717, 1.165) is 29.0 Å². The Balaban J connectivity index is 2.47. The van der Waals surface area contributed by atoms with Gasteiger partial charge in [0.05, 0.1) is 0 Å². The van der Waals surface area contributed by atoms with E-state index in [2.05, 4.69) is 44.8 Å². The van der Waals surface area contributed by atoms with E-state index in [4.69, 9.17) is 0 Å². The molecular weight excluding hydrogens is 214 g/mol. The molecule has 3 unspecified atom stereocenters. The summed E-state index contributed by atoms with van der Waals surface area (Å²) >= 11 is 2.19. The monoisotopic (exact) mass is 243 g/mol. The maximum Gasteiger partial charge on any atom is 0.0206 e. The standard InChI is InChI=1S/C14H29NS/c1-5-7-12-8-9-13(15-6-2)14(10-12)16-11(3)4/h11-15H,5-10H2,1-4H3. The van der Waals surface area contributed by atoms with Crippen molar-refractivity contribution in [3.8, 4) is 0 Å². The summed E-state index contributed by atoms with van der Waals surface area (Å²) in [7, 11) is 0. The fourth-order valence-electron chi connectivity index (χ4n) is 2.88. The van der Waals surface area contributed by atoms with Crippen LogP contribution in [-0.2, 0) is 0 Å². The Labute approximate surface area is 106 Å². The lowest BCUT2D eigenvalue weighted by atomic mass is 9.83. The van der Waals surface area contributed by atoms with Crippen LogP contribution in [0.25, 0.3) is 0 Å². The maximum atomic E-state index is 3.68. The summed E-state index contributed by atoms with van der Waals surface area (Å²) in [6.45, 7) is 10.3. The van der Waals surface area contributed by atoms with Crippen LogP contribution in [0.3, 0.4) is 0 Å². The van der Waals surface area contributed by atoms with Crippen LogP contribution in [0, 0.1) is 5.92 Å². The minimum Gasteiger partial charge on any atom is -0.313 e. The molecule has 0 amide bonds. The van der Waals surface area contributed by atoms with Crippen molar-refractivity contribution in [1.29, 1.82) is 0 Å². The molecule has 3 atom stereocenters. The van der Waals surface area contributed by atoms with Crippen molar-refractivity contribution >= 4 is 11.8 Å². The van der Waals surface area contributed by atoms with Crippen LogP contribution in [0.4, 0.5) is 0 Å². The zero-order chi connectivity index (χ0) is 12.0.